The van der Waals surface area contributed by atoms with E-state index in [-0.39, 0.29) is 5.91 Å². The third-order valence-corrected chi connectivity index (χ3v) is 2.34. The van der Waals surface area contributed by atoms with Crippen LogP contribution in [0, 0.1) is 0 Å². The van der Waals surface area contributed by atoms with Crippen LogP contribution in [0.1, 0.15) is 6.92 Å². The molecule has 0 atom stereocenters. The maximum Gasteiger partial charge on any atom is 0.230 e. The minimum absolute atomic E-state index is 0.147. The molecule has 2 N–H and O–H groups in total. The summed E-state index contributed by atoms with van der Waals surface area (Å²) in [7, 11) is 1.76. The van der Waals surface area contributed by atoms with Crippen molar-refractivity contribution in [2.24, 2.45) is 7.05 Å². The molecule has 1 amide bonds. The number of carbonyl (C=O) groups is 1. The molecule has 6 heteroatoms. The molecular formula is C11H13N5O. The van der Waals surface area contributed by atoms with E-state index in [1.165, 1.54) is 11.8 Å². The van der Waals surface area contributed by atoms with Gasteiger partial charge in [0.1, 0.15) is 11.6 Å². The number of hydrogen-bond acceptors (Lipinski definition) is 4. The number of carbonyl (C=O) groups excluding carboxylic acids is 1. The van der Waals surface area contributed by atoms with Gasteiger partial charge in [-0.3, -0.25) is 9.48 Å². The van der Waals surface area contributed by atoms with Crippen LogP contribution >= 0.6 is 0 Å². The number of aryl methyl sites for hydroxylation is 1. The fraction of sp³-hybridized carbons (Fsp3) is 0.182. The summed E-state index contributed by atoms with van der Waals surface area (Å²) in [6.07, 6.45) is 3.19. The molecule has 0 fully saturated rings. The SMILES string of the molecule is CC(=O)N(c1cc(N)ccn1)c1ccnn1C. The molecule has 0 radical (unpaired) electrons. The lowest BCUT2D eigenvalue weighted by Crippen LogP contribution is -2.26. The van der Waals surface area contributed by atoms with Crippen LogP contribution in [0.2, 0.25) is 0 Å². The summed E-state index contributed by atoms with van der Waals surface area (Å²) in [5.41, 5.74) is 6.25. The molecule has 0 aliphatic rings. The van der Waals surface area contributed by atoms with Crippen LogP contribution in [0.3, 0.4) is 0 Å². The third-order valence-electron chi connectivity index (χ3n) is 2.34. The molecule has 2 aromatic rings. The summed E-state index contributed by atoms with van der Waals surface area (Å²) in [6.45, 7) is 1.47. The summed E-state index contributed by atoms with van der Waals surface area (Å²) < 4.78 is 1.60. The van der Waals surface area contributed by atoms with Crippen LogP contribution in [-0.2, 0) is 11.8 Å². The van der Waals surface area contributed by atoms with Gasteiger partial charge in [0.25, 0.3) is 0 Å². The Morgan fingerprint density at radius 3 is 2.71 bits per heavy atom. The molecule has 17 heavy (non-hydrogen) atoms. The van der Waals surface area contributed by atoms with Crippen molar-refractivity contribution in [2.45, 2.75) is 6.92 Å². The van der Waals surface area contributed by atoms with Crippen LogP contribution < -0.4 is 10.6 Å². The molecule has 0 saturated carbocycles. The van der Waals surface area contributed by atoms with Gasteiger partial charge in [-0.2, -0.15) is 5.10 Å². The van der Waals surface area contributed by atoms with Crippen molar-refractivity contribution in [1.29, 1.82) is 0 Å². The van der Waals surface area contributed by atoms with Crippen LogP contribution in [0.15, 0.2) is 30.6 Å². The average molecular weight is 231 g/mol. The molecule has 0 saturated heterocycles. The van der Waals surface area contributed by atoms with Crippen LogP contribution in [0.25, 0.3) is 0 Å². The Hall–Kier alpha value is -2.37. The second-order valence-corrected chi connectivity index (χ2v) is 3.61. The fourth-order valence-electron chi connectivity index (χ4n) is 1.58. The van der Waals surface area contributed by atoms with Crippen molar-refractivity contribution in [3.05, 3.63) is 30.6 Å². The predicted molar refractivity (Wildman–Crippen MR) is 64.7 cm³/mol. The lowest BCUT2D eigenvalue weighted by Gasteiger charge is -2.19. The quantitative estimate of drug-likeness (QED) is 0.839. The summed E-state index contributed by atoms with van der Waals surface area (Å²) in [5.74, 6) is 0.989. The second-order valence-electron chi connectivity index (χ2n) is 3.61. The zero-order valence-corrected chi connectivity index (χ0v) is 9.66. The highest BCUT2D eigenvalue weighted by molar-refractivity contribution is 5.97. The molecular weight excluding hydrogens is 218 g/mol. The Morgan fingerprint density at radius 2 is 2.18 bits per heavy atom. The number of rotatable bonds is 2. The predicted octanol–water partition coefficient (Wildman–Crippen LogP) is 1.08. The van der Waals surface area contributed by atoms with E-state index in [0.29, 0.717) is 17.3 Å². The Labute approximate surface area is 98.7 Å². The highest BCUT2D eigenvalue weighted by Gasteiger charge is 2.18. The summed E-state index contributed by atoms with van der Waals surface area (Å²) >= 11 is 0. The van der Waals surface area contributed by atoms with E-state index in [9.17, 15) is 4.79 Å². The first-order chi connectivity index (χ1) is 8.09. The van der Waals surface area contributed by atoms with E-state index in [0.717, 1.165) is 0 Å². The van der Waals surface area contributed by atoms with Gasteiger partial charge in [0.15, 0.2) is 0 Å². The molecule has 0 spiro atoms. The number of pyridine rings is 1. The number of hydrogen-bond donors (Lipinski definition) is 1. The topological polar surface area (TPSA) is 77.0 Å². The Morgan fingerprint density at radius 1 is 1.41 bits per heavy atom. The molecule has 0 unspecified atom stereocenters. The number of nitrogen functional groups attached to an aromatic ring is 1. The number of amides is 1. The van der Waals surface area contributed by atoms with Gasteiger partial charge in [-0.25, -0.2) is 9.88 Å². The van der Waals surface area contributed by atoms with Crippen molar-refractivity contribution in [3.8, 4) is 0 Å². The zero-order valence-electron chi connectivity index (χ0n) is 9.66. The molecule has 6 nitrogen and oxygen atoms in total. The van der Waals surface area contributed by atoms with Gasteiger partial charge in [-0.1, -0.05) is 0 Å². The van der Waals surface area contributed by atoms with E-state index < -0.39 is 0 Å². The Kier molecular flexibility index (Phi) is 2.78. The second kappa shape index (κ2) is 4.25. The number of nitrogens with zero attached hydrogens (tertiary/aromatic N) is 4. The Balaban J connectivity index is 2.50. The molecule has 2 heterocycles. The molecule has 0 bridgehead atoms. The standard InChI is InChI=1S/C11H13N5O/c1-8(17)16(11-4-6-14-15(11)2)10-7-9(12)3-5-13-10/h3-7H,1-2H3,(H2,12,13). The van der Waals surface area contributed by atoms with E-state index in [2.05, 4.69) is 10.1 Å². The largest absolute Gasteiger partial charge is 0.399 e. The van der Waals surface area contributed by atoms with Crippen molar-refractivity contribution in [2.75, 3.05) is 10.6 Å². The smallest absolute Gasteiger partial charge is 0.230 e. The number of anilines is 3. The monoisotopic (exact) mass is 231 g/mol. The fourth-order valence-corrected chi connectivity index (χ4v) is 1.58. The zero-order chi connectivity index (χ0) is 12.4. The van der Waals surface area contributed by atoms with Gasteiger partial charge in [0.2, 0.25) is 5.91 Å². The molecule has 0 aliphatic heterocycles. The van der Waals surface area contributed by atoms with Gasteiger partial charge >= 0.3 is 0 Å². The van der Waals surface area contributed by atoms with Crippen LogP contribution in [0.4, 0.5) is 17.3 Å². The van der Waals surface area contributed by atoms with Gasteiger partial charge < -0.3 is 5.73 Å². The number of aromatic nitrogens is 3. The first-order valence-corrected chi connectivity index (χ1v) is 5.10. The molecule has 2 rings (SSSR count). The highest BCUT2D eigenvalue weighted by atomic mass is 16.2. The number of nitrogens with two attached hydrogens (primary N) is 1. The minimum Gasteiger partial charge on any atom is -0.399 e. The minimum atomic E-state index is -0.147. The molecule has 88 valence electrons. The van der Waals surface area contributed by atoms with Crippen molar-refractivity contribution >= 4 is 23.2 Å². The van der Waals surface area contributed by atoms with Gasteiger partial charge in [-0.05, 0) is 6.07 Å². The first kappa shape index (κ1) is 11.1. The van der Waals surface area contributed by atoms with E-state index in [1.54, 1.807) is 42.3 Å². The summed E-state index contributed by atoms with van der Waals surface area (Å²) in [4.78, 5) is 17.3. The first-order valence-electron chi connectivity index (χ1n) is 5.10. The van der Waals surface area contributed by atoms with Crippen molar-refractivity contribution < 1.29 is 4.79 Å². The molecule has 0 aromatic carbocycles. The van der Waals surface area contributed by atoms with Crippen LogP contribution in [-0.4, -0.2) is 20.7 Å². The van der Waals surface area contributed by atoms with E-state index in [1.807, 2.05) is 0 Å². The Bertz CT molecular complexity index is 548. The van der Waals surface area contributed by atoms with Gasteiger partial charge in [-0.15, -0.1) is 0 Å². The molecule has 0 aliphatic carbocycles. The van der Waals surface area contributed by atoms with Crippen molar-refractivity contribution in [1.82, 2.24) is 14.8 Å². The lowest BCUT2D eigenvalue weighted by molar-refractivity contribution is -0.115. The lowest BCUT2D eigenvalue weighted by atomic mass is 10.3. The van der Waals surface area contributed by atoms with E-state index in [4.69, 9.17) is 5.73 Å². The summed E-state index contributed by atoms with van der Waals surface area (Å²) in [5, 5.41) is 4.03. The normalized spacial score (nSPS) is 10.2. The average Bonchev–Trinajstić information content (AvgIpc) is 2.65. The molecule has 2 aromatic heterocycles. The maximum atomic E-state index is 11.7. The van der Waals surface area contributed by atoms with Crippen molar-refractivity contribution in [3.63, 3.8) is 0 Å². The van der Waals surface area contributed by atoms with Gasteiger partial charge in [0, 0.05) is 38.0 Å². The maximum absolute atomic E-state index is 11.7. The van der Waals surface area contributed by atoms with Crippen LogP contribution in [0.5, 0.6) is 0 Å². The third kappa shape index (κ3) is 2.10. The highest BCUT2D eigenvalue weighted by Crippen LogP contribution is 2.23. The van der Waals surface area contributed by atoms with Gasteiger partial charge in [0.05, 0.1) is 6.20 Å². The summed E-state index contributed by atoms with van der Waals surface area (Å²) in [6, 6.07) is 5.06. The van der Waals surface area contributed by atoms with E-state index >= 15 is 0 Å².